The monoisotopic (exact) mass is 468 g/mol. The lowest BCUT2D eigenvalue weighted by Crippen LogP contribution is -2.69. The molecule has 32 heavy (non-hydrogen) atoms. The molecule has 0 aliphatic carbocycles. The van der Waals surface area contributed by atoms with Gasteiger partial charge in [0.1, 0.15) is 11.8 Å². The SMILES string of the molecule is Cc1cccc(NCC2C(Oc3ccc(Cl)cc3Cl)C(=O)N2c2cccc(C)c2C)c1C. The summed E-state index contributed by atoms with van der Waals surface area (Å²) in [5.74, 6) is 0.365. The Kier molecular flexibility index (Phi) is 6.36. The number of carbonyl (C=O) groups excluding carboxylic acids is 1. The quantitative estimate of drug-likeness (QED) is 0.419. The van der Waals surface area contributed by atoms with Gasteiger partial charge in [-0.15, -0.1) is 0 Å². The summed E-state index contributed by atoms with van der Waals surface area (Å²) in [6.45, 7) is 8.81. The Bertz CT molecular complexity index is 1180. The normalized spacial score (nSPS) is 17.8. The second-order valence-corrected chi connectivity index (χ2v) is 9.08. The van der Waals surface area contributed by atoms with Crippen molar-refractivity contribution < 1.29 is 9.53 Å². The van der Waals surface area contributed by atoms with Crippen molar-refractivity contribution in [3.63, 3.8) is 0 Å². The van der Waals surface area contributed by atoms with Crippen LogP contribution in [0.2, 0.25) is 10.0 Å². The molecule has 3 aromatic rings. The highest BCUT2D eigenvalue weighted by Gasteiger charge is 2.50. The van der Waals surface area contributed by atoms with E-state index in [1.54, 1.807) is 18.2 Å². The van der Waals surface area contributed by atoms with Crippen LogP contribution in [-0.2, 0) is 4.79 Å². The number of β-lactam (4-membered cyclic amide) rings is 1. The van der Waals surface area contributed by atoms with Gasteiger partial charge in [-0.05, 0) is 80.3 Å². The molecule has 166 valence electrons. The van der Waals surface area contributed by atoms with Gasteiger partial charge in [0, 0.05) is 22.9 Å². The highest BCUT2D eigenvalue weighted by atomic mass is 35.5. The minimum Gasteiger partial charge on any atom is -0.477 e. The number of carbonyl (C=O) groups is 1. The van der Waals surface area contributed by atoms with Crippen LogP contribution in [0.4, 0.5) is 11.4 Å². The first kappa shape index (κ1) is 22.5. The van der Waals surface area contributed by atoms with E-state index in [0.717, 1.165) is 22.5 Å². The van der Waals surface area contributed by atoms with Crippen LogP contribution >= 0.6 is 23.2 Å². The molecule has 0 bridgehead atoms. The highest BCUT2D eigenvalue weighted by Crippen LogP contribution is 2.37. The first-order valence-electron chi connectivity index (χ1n) is 10.6. The maximum Gasteiger partial charge on any atom is 0.270 e. The number of aryl methyl sites for hydroxylation is 2. The second-order valence-electron chi connectivity index (χ2n) is 8.24. The largest absolute Gasteiger partial charge is 0.477 e. The van der Waals surface area contributed by atoms with Crippen LogP contribution in [-0.4, -0.2) is 24.6 Å². The maximum atomic E-state index is 13.3. The fraction of sp³-hybridized carbons (Fsp3) is 0.269. The number of rotatable bonds is 6. The lowest BCUT2D eigenvalue weighted by atomic mass is 9.93. The van der Waals surface area contributed by atoms with Crippen molar-refractivity contribution in [2.24, 2.45) is 0 Å². The summed E-state index contributed by atoms with van der Waals surface area (Å²) in [5, 5.41) is 4.43. The van der Waals surface area contributed by atoms with Crippen LogP contribution in [0, 0.1) is 27.7 Å². The molecule has 1 N–H and O–H groups in total. The Morgan fingerprint density at radius 1 is 0.938 bits per heavy atom. The van der Waals surface area contributed by atoms with Crippen LogP contribution in [0.5, 0.6) is 5.75 Å². The Balaban J connectivity index is 1.63. The molecular weight excluding hydrogens is 443 g/mol. The first-order valence-corrected chi connectivity index (χ1v) is 11.3. The summed E-state index contributed by atoms with van der Waals surface area (Å²) in [7, 11) is 0. The van der Waals surface area contributed by atoms with E-state index >= 15 is 0 Å². The zero-order chi connectivity index (χ0) is 23.0. The first-order chi connectivity index (χ1) is 15.3. The molecule has 1 aliphatic heterocycles. The number of hydrogen-bond donors (Lipinski definition) is 1. The summed E-state index contributed by atoms with van der Waals surface area (Å²) in [5.41, 5.74) is 6.59. The Labute approximate surface area is 199 Å². The molecule has 6 heteroatoms. The zero-order valence-corrected chi connectivity index (χ0v) is 20.1. The Morgan fingerprint density at radius 2 is 1.62 bits per heavy atom. The van der Waals surface area contributed by atoms with Gasteiger partial charge in [-0.1, -0.05) is 47.5 Å². The zero-order valence-electron chi connectivity index (χ0n) is 18.6. The van der Waals surface area contributed by atoms with Gasteiger partial charge >= 0.3 is 0 Å². The van der Waals surface area contributed by atoms with Gasteiger partial charge in [-0.3, -0.25) is 9.69 Å². The van der Waals surface area contributed by atoms with E-state index in [4.69, 9.17) is 27.9 Å². The van der Waals surface area contributed by atoms with Crippen molar-refractivity contribution in [2.75, 3.05) is 16.8 Å². The predicted octanol–water partition coefficient (Wildman–Crippen LogP) is 6.50. The lowest BCUT2D eigenvalue weighted by molar-refractivity contribution is -0.134. The molecule has 2 unspecified atom stereocenters. The molecule has 3 aromatic carbocycles. The van der Waals surface area contributed by atoms with Crippen LogP contribution < -0.4 is 15.0 Å². The number of benzene rings is 3. The predicted molar refractivity (Wildman–Crippen MR) is 132 cm³/mol. The van der Waals surface area contributed by atoms with Crippen molar-refractivity contribution >= 4 is 40.5 Å². The van der Waals surface area contributed by atoms with E-state index < -0.39 is 6.10 Å². The molecule has 1 fully saturated rings. The molecule has 0 radical (unpaired) electrons. The van der Waals surface area contributed by atoms with E-state index in [1.165, 1.54) is 11.1 Å². The van der Waals surface area contributed by atoms with Crippen molar-refractivity contribution in [2.45, 2.75) is 39.8 Å². The lowest BCUT2D eigenvalue weighted by Gasteiger charge is -2.47. The molecule has 1 aliphatic rings. The number of amides is 1. The van der Waals surface area contributed by atoms with Crippen molar-refractivity contribution in [3.8, 4) is 5.75 Å². The van der Waals surface area contributed by atoms with Crippen LogP contribution in [0.25, 0.3) is 0 Å². The third-order valence-electron chi connectivity index (χ3n) is 6.25. The minimum atomic E-state index is -0.647. The highest BCUT2D eigenvalue weighted by molar-refractivity contribution is 6.35. The molecule has 0 aromatic heterocycles. The van der Waals surface area contributed by atoms with E-state index in [2.05, 4.69) is 31.3 Å². The molecular formula is C26H26Cl2N2O2. The van der Waals surface area contributed by atoms with E-state index in [1.807, 2.05) is 43.0 Å². The average Bonchev–Trinajstić information content (AvgIpc) is 2.76. The molecule has 0 saturated carbocycles. The molecule has 1 saturated heterocycles. The Morgan fingerprint density at radius 3 is 2.34 bits per heavy atom. The molecule has 1 amide bonds. The van der Waals surface area contributed by atoms with Gasteiger partial charge in [0.05, 0.1) is 5.02 Å². The van der Waals surface area contributed by atoms with Gasteiger partial charge in [-0.2, -0.15) is 0 Å². The minimum absolute atomic E-state index is 0.0857. The number of nitrogens with one attached hydrogen (secondary N) is 1. The second kappa shape index (κ2) is 9.05. The number of nitrogens with zero attached hydrogens (tertiary/aromatic N) is 1. The van der Waals surface area contributed by atoms with Crippen molar-refractivity contribution in [1.82, 2.24) is 0 Å². The maximum absolute atomic E-state index is 13.3. The number of anilines is 2. The molecule has 4 nitrogen and oxygen atoms in total. The fourth-order valence-electron chi connectivity index (χ4n) is 4.00. The smallest absolute Gasteiger partial charge is 0.270 e. The average molecular weight is 469 g/mol. The number of hydrogen-bond acceptors (Lipinski definition) is 3. The third kappa shape index (κ3) is 4.17. The Hall–Kier alpha value is -2.69. The molecule has 1 heterocycles. The molecule has 4 rings (SSSR count). The van der Waals surface area contributed by atoms with Gasteiger partial charge in [0.25, 0.3) is 5.91 Å². The van der Waals surface area contributed by atoms with Gasteiger partial charge < -0.3 is 10.1 Å². The van der Waals surface area contributed by atoms with E-state index in [9.17, 15) is 4.79 Å². The summed E-state index contributed by atoms with van der Waals surface area (Å²) in [6, 6.07) is 17.0. The van der Waals surface area contributed by atoms with Gasteiger partial charge in [-0.25, -0.2) is 0 Å². The van der Waals surface area contributed by atoms with Crippen LogP contribution in [0.15, 0.2) is 54.6 Å². The standard InChI is InChI=1S/C26H26Cl2N2O2/c1-15-7-5-9-21(17(15)3)29-14-23-25(32-24-12-11-19(27)13-20(24)28)26(31)30(23)22-10-6-8-16(2)18(22)4/h5-13,23,25,29H,14H2,1-4H3. The van der Waals surface area contributed by atoms with Gasteiger partial charge in [0.15, 0.2) is 6.10 Å². The summed E-state index contributed by atoms with van der Waals surface area (Å²) in [6.07, 6.45) is -0.647. The summed E-state index contributed by atoms with van der Waals surface area (Å²) < 4.78 is 6.10. The number of ether oxygens (including phenoxy) is 1. The van der Waals surface area contributed by atoms with Crippen LogP contribution in [0.3, 0.4) is 0 Å². The van der Waals surface area contributed by atoms with Crippen molar-refractivity contribution in [3.05, 3.63) is 86.9 Å². The topological polar surface area (TPSA) is 41.6 Å². The third-order valence-corrected chi connectivity index (χ3v) is 6.78. The van der Waals surface area contributed by atoms with Crippen LogP contribution in [0.1, 0.15) is 22.3 Å². The van der Waals surface area contributed by atoms with E-state index in [-0.39, 0.29) is 11.9 Å². The molecule has 2 atom stereocenters. The van der Waals surface area contributed by atoms with E-state index in [0.29, 0.717) is 22.3 Å². The van der Waals surface area contributed by atoms with Crippen molar-refractivity contribution in [1.29, 1.82) is 0 Å². The van der Waals surface area contributed by atoms with Gasteiger partial charge in [0.2, 0.25) is 0 Å². The summed E-state index contributed by atoms with van der Waals surface area (Å²) >= 11 is 12.3. The fourth-order valence-corrected chi connectivity index (χ4v) is 4.46. The molecule has 0 spiro atoms. The summed E-state index contributed by atoms with van der Waals surface area (Å²) in [4.78, 5) is 15.1. The number of halogens is 2.